The van der Waals surface area contributed by atoms with Crippen molar-refractivity contribution in [3.05, 3.63) is 163 Å². The smallest absolute Gasteiger partial charge is 0.180 e. The van der Waals surface area contributed by atoms with Crippen LogP contribution in [-0.4, -0.2) is 57.7 Å². The zero-order chi connectivity index (χ0) is 61.8. The number of aromatic nitrogens is 12. The zero-order valence-electron chi connectivity index (χ0n) is 52.7. The lowest BCUT2D eigenvalue weighted by molar-refractivity contribution is 0.397. The molecule has 10 rings (SSSR count). The highest BCUT2D eigenvalue weighted by Crippen LogP contribution is 2.05. The third-order valence-electron chi connectivity index (χ3n) is 6.25. The molecule has 0 aromatic carbocycles. The maximum absolute atomic E-state index is 4.72. The molecule has 10 aromatic rings. The lowest BCUT2D eigenvalue weighted by atomic mass is 10.4. The van der Waals surface area contributed by atoms with Gasteiger partial charge in [-0.05, 0) is 158 Å². The summed E-state index contributed by atoms with van der Waals surface area (Å²) in [5.74, 6) is 1.71. The van der Waals surface area contributed by atoms with Gasteiger partial charge in [0.05, 0.1) is 47.1 Å². The molecule has 22 heteroatoms. The van der Waals surface area contributed by atoms with E-state index >= 15 is 0 Å². The van der Waals surface area contributed by atoms with Gasteiger partial charge in [0.25, 0.3) is 0 Å². The van der Waals surface area contributed by atoms with Crippen molar-refractivity contribution >= 4 is 57.7 Å². The number of hydrogen-bond acceptors (Lipinski definition) is 22. The molecule has 0 spiro atoms. The van der Waals surface area contributed by atoms with E-state index in [0.29, 0.717) is 0 Å². The summed E-state index contributed by atoms with van der Waals surface area (Å²) in [5, 5.41) is 22.0. The van der Waals surface area contributed by atoms with E-state index in [4.69, 9.17) is 4.42 Å². The summed E-state index contributed by atoms with van der Waals surface area (Å²) < 4.78 is 41.9. The van der Waals surface area contributed by atoms with Gasteiger partial charge in [-0.2, -0.15) is 4.37 Å². The predicted octanol–water partition coefficient (Wildman–Crippen LogP) is 19.8. The van der Waals surface area contributed by atoms with Gasteiger partial charge in [0.1, 0.15) is 30.3 Å². The first-order chi connectivity index (χ1) is 37.8. The van der Waals surface area contributed by atoms with E-state index in [2.05, 4.69) is 75.7 Å². The summed E-state index contributed by atoms with van der Waals surface area (Å²) in [6.07, 6.45) is 16.2. The van der Waals surface area contributed by atoms with Gasteiger partial charge in [0.2, 0.25) is 0 Å². The van der Waals surface area contributed by atoms with Crippen molar-refractivity contribution in [2.75, 3.05) is 0 Å². The fraction of sp³-hybridized carbons (Fsp3) is 0.500. The van der Waals surface area contributed by atoms with Gasteiger partial charge >= 0.3 is 0 Å². The average Bonchev–Trinajstić information content (AvgIpc) is 4.29. The van der Waals surface area contributed by atoms with E-state index in [1.807, 2.05) is 223 Å². The Morgan fingerprint density at radius 2 is 1.04 bits per heavy atom. The van der Waals surface area contributed by atoms with Crippen molar-refractivity contribution < 1.29 is 22.4 Å². The Labute approximate surface area is 492 Å². The molecule has 0 N–H and O–H groups in total. The largest absolute Gasteiger partial charge is 0.452 e. The second-order valence-corrected chi connectivity index (χ2v) is 16.3. The summed E-state index contributed by atoms with van der Waals surface area (Å²) in [4.78, 5) is 11.1. The van der Waals surface area contributed by atoms with Gasteiger partial charge in [-0.3, -0.25) is 0 Å². The fourth-order valence-electron chi connectivity index (χ4n) is 2.73. The van der Waals surface area contributed by atoms with Crippen LogP contribution in [0.1, 0.15) is 177 Å². The van der Waals surface area contributed by atoms with Crippen molar-refractivity contribution in [1.82, 2.24) is 57.7 Å². The van der Waals surface area contributed by atoms with Gasteiger partial charge < -0.3 is 22.4 Å². The minimum absolute atomic E-state index is 0.856. The van der Waals surface area contributed by atoms with E-state index in [1.165, 1.54) is 90.6 Å². The normalized spacial score (nSPS) is 7.74. The van der Waals surface area contributed by atoms with Crippen molar-refractivity contribution in [3.63, 3.8) is 0 Å². The van der Waals surface area contributed by atoms with E-state index in [0.717, 1.165) is 45.6 Å². The van der Waals surface area contributed by atoms with Crippen LogP contribution in [0.5, 0.6) is 0 Å². The highest BCUT2D eigenvalue weighted by atomic mass is 32.1. The molecule has 0 aliphatic rings. The minimum Gasteiger partial charge on any atom is -0.452 e. The van der Waals surface area contributed by atoms with Crippen LogP contribution >= 0.6 is 57.7 Å². The monoisotopic (exact) mass is 1180 g/mol. The molecule has 0 radical (unpaired) electrons. The molecule has 444 valence electrons. The van der Waals surface area contributed by atoms with Crippen molar-refractivity contribution in [2.24, 2.45) is 0 Å². The molecule has 0 unspecified atom stereocenters. The standard InChI is InChI=1S/2C4H6N2S.5C4H5NO.3C4H5NS.8C2H6/c2*1-3-4(2)7-6-5-3;1-4-2-6-3-5-4;1-4-2-5-3-6-4;1-4-2-5-6-3-4;1-4-2-3-6-5-4;1-4-2-3-5-6-4;1-4-2-5-6-3-4;1-4-2-3-6-5-4;1-4-2-3-5-6-4;8*1-2/h2*1-2H3;8*2-3H,1H3;8*1-2H3. The zero-order valence-corrected chi connectivity index (χ0v) is 56.8. The maximum atomic E-state index is 4.72. The highest BCUT2D eigenvalue weighted by Gasteiger charge is 1.92. The Morgan fingerprint density at radius 3 is 1.15 bits per heavy atom. The first-order valence-electron chi connectivity index (χ1n) is 26.2. The molecule has 0 saturated heterocycles. The van der Waals surface area contributed by atoms with E-state index in [1.54, 1.807) is 55.7 Å². The molecule has 0 bridgehead atoms. The van der Waals surface area contributed by atoms with Crippen LogP contribution in [0.25, 0.3) is 0 Å². The third-order valence-corrected chi connectivity index (χ3v) is 9.72. The third kappa shape index (κ3) is 68.1. The molecule has 10 aromatic heterocycles. The fourth-order valence-corrected chi connectivity index (χ4v) is 5.12. The summed E-state index contributed by atoms with van der Waals surface area (Å²) >= 11 is 7.39. The van der Waals surface area contributed by atoms with Crippen molar-refractivity contribution in [3.8, 4) is 0 Å². The quantitative estimate of drug-likeness (QED) is 0.138. The number of rotatable bonds is 0. The first kappa shape index (κ1) is 88.7. The first-order valence-corrected chi connectivity index (χ1v) is 30.2. The van der Waals surface area contributed by atoms with Crippen LogP contribution in [0.4, 0.5) is 0 Å². The number of nitrogens with zero attached hydrogens (tertiary/aromatic N) is 12. The Bertz CT molecular complexity index is 1880. The van der Waals surface area contributed by atoms with Crippen LogP contribution in [0.15, 0.2) is 120 Å². The number of aryl methyl sites for hydroxylation is 12. The SMILES string of the molecule is CC.CC.CC.CC.CC.CC.CC.CC.Cc1ccno1.Cc1ccns1.Cc1ccon1.Cc1ccsn1.Cc1cnco1.Cc1cnoc1.Cc1cnsc1.Cc1cocn1.Cc1nnsc1C.Cc1nnsc1C. The van der Waals surface area contributed by atoms with Crippen LogP contribution in [0.3, 0.4) is 0 Å². The lowest BCUT2D eigenvalue weighted by Crippen LogP contribution is -1.70. The molecule has 0 fully saturated rings. The van der Waals surface area contributed by atoms with Crippen molar-refractivity contribution in [2.45, 2.75) is 194 Å². The van der Waals surface area contributed by atoms with Crippen LogP contribution in [0, 0.1) is 83.1 Å². The van der Waals surface area contributed by atoms with Gasteiger partial charge in [0.15, 0.2) is 12.8 Å². The highest BCUT2D eigenvalue weighted by molar-refractivity contribution is 7.06. The Balaban J connectivity index is -0.000000113. The topological polar surface area (TPSA) is 220 Å². The molecule has 0 amide bonds. The summed E-state index contributed by atoms with van der Waals surface area (Å²) in [7, 11) is 0. The van der Waals surface area contributed by atoms with Crippen molar-refractivity contribution in [1.29, 1.82) is 0 Å². The molecule has 10 heterocycles. The van der Waals surface area contributed by atoms with Gasteiger partial charge in [-0.15, -0.1) is 10.2 Å². The number of hydrogen-bond donors (Lipinski definition) is 0. The van der Waals surface area contributed by atoms with Crippen LogP contribution in [0.2, 0.25) is 0 Å². The van der Waals surface area contributed by atoms with Gasteiger partial charge in [-0.25, -0.2) is 18.7 Å². The van der Waals surface area contributed by atoms with Crippen LogP contribution in [-0.2, 0) is 0 Å². The Kier molecular flexibility index (Phi) is 85.6. The second kappa shape index (κ2) is 75.3. The Hall–Kier alpha value is -5.94. The summed E-state index contributed by atoms with van der Waals surface area (Å²) in [5.41, 5.74) is 7.37. The molecule has 0 aliphatic heterocycles. The lowest BCUT2D eigenvalue weighted by Gasteiger charge is -1.74. The molecule has 0 aliphatic carbocycles. The average molecular weight is 1180 g/mol. The molecule has 78 heavy (non-hydrogen) atoms. The summed E-state index contributed by atoms with van der Waals surface area (Å²) in [6.45, 7) is 55.4. The van der Waals surface area contributed by atoms with Gasteiger partial charge in [-0.1, -0.05) is 135 Å². The molecule has 0 atom stereocenters. The van der Waals surface area contributed by atoms with E-state index < -0.39 is 0 Å². The summed E-state index contributed by atoms with van der Waals surface area (Å²) in [6, 6.07) is 7.59. The van der Waals surface area contributed by atoms with E-state index in [9.17, 15) is 0 Å². The van der Waals surface area contributed by atoms with Gasteiger partial charge in [0, 0.05) is 55.5 Å². The molecule has 0 saturated carbocycles. The number of oxazole rings is 2. The molecular weight excluding hydrogens is 1080 g/mol. The second-order valence-electron chi connectivity index (χ2n) is 12.0. The predicted molar refractivity (Wildman–Crippen MR) is 336 cm³/mol. The Morgan fingerprint density at radius 1 is 0.462 bits per heavy atom. The van der Waals surface area contributed by atoms with Crippen LogP contribution < -0.4 is 0 Å². The maximum Gasteiger partial charge on any atom is 0.180 e. The van der Waals surface area contributed by atoms with E-state index in [-0.39, 0.29) is 0 Å². The molecular formula is C56H100N12O5S5. The molecule has 17 nitrogen and oxygen atoms in total. The minimum atomic E-state index is 0.856.